The molecule has 0 radical (unpaired) electrons. The molecule has 10 nitrogen and oxygen atoms in total. The van der Waals surface area contributed by atoms with Gasteiger partial charge in [-0.2, -0.15) is 4.31 Å². The molecule has 3 aromatic rings. The first-order chi connectivity index (χ1) is 23.8. The van der Waals surface area contributed by atoms with Crippen molar-refractivity contribution < 1.29 is 45.3 Å². The number of nitrogens with zero attached hydrogens (tertiary/aromatic N) is 2. The van der Waals surface area contributed by atoms with E-state index in [1.807, 2.05) is 0 Å². The van der Waals surface area contributed by atoms with Crippen molar-refractivity contribution in [2.75, 3.05) is 33.8 Å². The zero-order valence-corrected chi connectivity index (χ0v) is 29.5. The molecule has 272 valence electrons. The largest absolute Gasteiger partial charge is 0.497 e. The number of carbonyl (C=O) groups excluding carboxylic acids is 1. The van der Waals surface area contributed by atoms with Crippen molar-refractivity contribution >= 4 is 21.6 Å². The van der Waals surface area contributed by atoms with Crippen LogP contribution in [-0.2, 0) is 27.9 Å². The molecule has 2 aromatic carbocycles. The minimum atomic E-state index is -4.40. The number of methoxy groups -OCH3 is 4. The molecule has 1 N–H and O–H groups in total. The van der Waals surface area contributed by atoms with Crippen LogP contribution < -0.4 is 24.3 Å². The summed E-state index contributed by atoms with van der Waals surface area (Å²) in [4.78, 5) is 17.8. The molecule has 2 atom stereocenters. The van der Waals surface area contributed by atoms with Crippen LogP contribution in [0.3, 0.4) is 0 Å². The molecule has 2 aliphatic carbocycles. The van der Waals surface area contributed by atoms with Crippen molar-refractivity contribution in [3.63, 3.8) is 0 Å². The van der Waals surface area contributed by atoms with Crippen molar-refractivity contribution in [2.24, 2.45) is 11.8 Å². The van der Waals surface area contributed by atoms with E-state index in [-0.39, 0.29) is 38.0 Å². The molecule has 14 heteroatoms. The number of hydrogen-bond acceptors (Lipinski definition) is 8. The predicted octanol–water partition coefficient (Wildman–Crippen LogP) is 7.17. The maximum Gasteiger partial charge on any atom is 0.261 e. The Bertz CT molecular complexity index is 1710. The lowest BCUT2D eigenvalue weighted by Crippen LogP contribution is -2.49. The minimum Gasteiger partial charge on any atom is -0.497 e. The van der Waals surface area contributed by atoms with Gasteiger partial charge in [-0.3, -0.25) is 4.79 Å². The van der Waals surface area contributed by atoms with Crippen LogP contribution in [0.2, 0.25) is 0 Å². The van der Waals surface area contributed by atoms with Gasteiger partial charge in [-0.15, -0.1) is 0 Å². The Morgan fingerprint density at radius 1 is 0.840 bits per heavy atom. The van der Waals surface area contributed by atoms with Gasteiger partial charge in [-0.25, -0.2) is 26.6 Å². The number of ether oxygens (including phenoxy) is 4. The van der Waals surface area contributed by atoms with Crippen molar-refractivity contribution in [3.05, 3.63) is 65.9 Å². The molecule has 0 aliphatic heterocycles. The SMILES string of the molecule is COc1ccc(CN(Cc2ccc(OC)cc2OC)S(=O)(=O)c2cc(NC(=O)[C@@H]3CC(F)(F)CC[C@H]3C3(F)CCCCC3)ccn2)c(OC)c1. The minimum absolute atomic E-state index is 0.0387. The summed E-state index contributed by atoms with van der Waals surface area (Å²) in [5.41, 5.74) is -0.603. The summed E-state index contributed by atoms with van der Waals surface area (Å²) in [5, 5.41) is 2.23. The van der Waals surface area contributed by atoms with Gasteiger partial charge in [0.05, 0.1) is 28.4 Å². The molecular formula is C36H44F3N3O7S. The number of anilines is 1. The summed E-state index contributed by atoms with van der Waals surface area (Å²) < 4.78 is 97.1. The zero-order chi connectivity index (χ0) is 36.1. The molecule has 5 rings (SSSR count). The maximum absolute atomic E-state index is 16.2. The van der Waals surface area contributed by atoms with Gasteiger partial charge in [0.1, 0.15) is 28.7 Å². The first-order valence-corrected chi connectivity index (χ1v) is 18.0. The summed E-state index contributed by atoms with van der Waals surface area (Å²) in [5.74, 6) is -4.20. The van der Waals surface area contributed by atoms with Gasteiger partial charge >= 0.3 is 0 Å². The fourth-order valence-electron chi connectivity index (χ4n) is 7.11. The lowest BCUT2D eigenvalue weighted by molar-refractivity contribution is -0.142. The molecule has 0 bridgehead atoms. The van der Waals surface area contributed by atoms with Crippen LogP contribution >= 0.6 is 0 Å². The van der Waals surface area contributed by atoms with Gasteiger partial charge in [-0.1, -0.05) is 31.4 Å². The summed E-state index contributed by atoms with van der Waals surface area (Å²) in [7, 11) is 1.53. The highest BCUT2D eigenvalue weighted by atomic mass is 32.2. The quantitative estimate of drug-likeness (QED) is 0.198. The van der Waals surface area contributed by atoms with Crippen LogP contribution in [-0.4, -0.2) is 63.6 Å². The van der Waals surface area contributed by atoms with Crippen molar-refractivity contribution in [3.8, 4) is 23.0 Å². The third-order valence-electron chi connectivity index (χ3n) is 9.80. The molecule has 1 amide bonds. The van der Waals surface area contributed by atoms with Crippen LogP contribution in [0.5, 0.6) is 23.0 Å². The molecule has 2 saturated carbocycles. The molecule has 0 saturated heterocycles. The Hall–Kier alpha value is -4.04. The molecule has 2 fully saturated rings. The fourth-order valence-corrected chi connectivity index (χ4v) is 8.46. The summed E-state index contributed by atoms with van der Waals surface area (Å²) in [6.45, 7) is -0.305. The number of amides is 1. The predicted molar refractivity (Wildman–Crippen MR) is 181 cm³/mol. The van der Waals surface area contributed by atoms with Crippen LogP contribution in [0.25, 0.3) is 0 Å². The third-order valence-corrected chi connectivity index (χ3v) is 11.5. The number of hydrogen-bond donors (Lipinski definition) is 1. The van der Waals surface area contributed by atoms with E-state index in [0.717, 1.165) is 6.42 Å². The molecule has 1 aromatic heterocycles. The second-order valence-corrected chi connectivity index (χ2v) is 14.8. The number of aromatic nitrogens is 1. The zero-order valence-electron chi connectivity index (χ0n) is 28.7. The van der Waals surface area contributed by atoms with E-state index in [9.17, 15) is 22.0 Å². The topological polar surface area (TPSA) is 116 Å². The molecule has 50 heavy (non-hydrogen) atoms. The molecular weight excluding hydrogens is 675 g/mol. The number of nitrogens with one attached hydrogen (secondary N) is 1. The Morgan fingerprint density at radius 3 is 1.96 bits per heavy atom. The molecule has 1 heterocycles. The van der Waals surface area contributed by atoms with Crippen LogP contribution in [0.1, 0.15) is 62.5 Å². The Morgan fingerprint density at radius 2 is 1.42 bits per heavy atom. The Kier molecular flexibility index (Phi) is 11.5. The number of carbonyl (C=O) groups is 1. The molecule has 0 unspecified atom stereocenters. The van der Waals surface area contributed by atoms with Crippen LogP contribution in [0.4, 0.5) is 18.9 Å². The van der Waals surface area contributed by atoms with Crippen molar-refractivity contribution in [2.45, 2.75) is 81.1 Å². The number of pyridine rings is 1. The number of alkyl halides is 3. The van der Waals surface area contributed by atoms with Gasteiger partial charge in [-0.05, 0) is 37.5 Å². The van der Waals surface area contributed by atoms with E-state index >= 15 is 4.39 Å². The smallest absolute Gasteiger partial charge is 0.261 e. The molecule has 2 aliphatic rings. The van der Waals surface area contributed by atoms with Gasteiger partial charge in [0.15, 0.2) is 5.03 Å². The highest BCUT2D eigenvalue weighted by molar-refractivity contribution is 7.89. The average Bonchev–Trinajstić information content (AvgIpc) is 3.11. The monoisotopic (exact) mass is 719 g/mol. The second-order valence-electron chi connectivity index (χ2n) is 12.9. The second kappa shape index (κ2) is 15.5. The van der Waals surface area contributed by atoms with Crippen molar-refractivity contribution in [1.82, 2.24) is 9.29 Å². The Labute approximate surface area is 291 Å². The maximum atomic E-state index is 16.2. The summed E-state index contributed by atoms with van der Waals surface area (Å²) in [6, 6.07) is 12.6. The van der Waals surface area contributed by atoms with Gasteiger partial charge in [0, 0.05) is 79.0 Å². The van der Waals surface area contributed by atoms with Gasteiger partial charge in [0.25, 0.3) is 10.0 Å². The Balaban J connectivity index is 1.47. The van der Waals surface area contributed by atoms with E-state index in [1.54, 1.807) is 36.4 Å². The van der Waals surface area contributed by atoms with E-state index in [1.165, 1.54) is 51.1 Å². The lowest BCUT2D eigenvalue weighted by atomic mass is 9.65. The normalized spacial score (nSPS) is 20.2. The first-order valence-electron chi connectivity index (χ1n) is 16.6. The van der Waals surface area contributed by atoms with E-state index in [4.69, 9.17) is 18.9 Å². The third kappa shape index (κ3) is 8.28. The standard InChI is InChI=1S/C36H44F3N3O7S/c1-46-27-10-8-24(31(19-27)48-3)22-42(23-25-9-11-28(47-2)20-32(25)49-4)50(44,45)33-18-26(13-17-40-33)41-34(43)29-21-36(38,39)16-12-30(29)35(37)14-6-5-7-15-35/h8-11,13,17-20,29-30H,5-7,12,14-16,21-23H2,1-4H3,(H,40,41,43)/t29-,30-/m1/s1. The fraction of sp³-hybridized carbons (Fsp3) is 0.500. The number of rotatable bonds is 13. The van der Waals surface area contributed by atoms with Gasteiger partial charge < -0.3 is 24.3 Å². The van der Waals surface area contributed by atoms with E-state index < -0.39 is 57.2 Å². The number of benzene rings is 2. The van der Waals surface area contributed by atoms with Crippen molar-refractivity contribution in [1.29, 1.82) is 0 Å². The van der Waals surface area contributed by atoms with Crippen LogP contribution in [0.15, 0.2) is 59.8 Å². The summed E-state index contributed by atoms with van der Waals surface area (Å²) >= 11 is 0. The highest BCUT2D eigenvalue weighted by Crippen LogP contribution is 2.50. The summed E-state index contributed by atoms with van der Waals surface area (Å²) in [6.07, 6.45) is 2.49. The van der Waals surface area contributed by atoms with E-state index in [0.29, 0.717) is 47.0 Å². The number of halogens is 3. The first kappa shape index (κ1) is 37.2. The number of sulfonamides is 1. The van der Waals surface area contributed by atoms with E-state index in [2.05, 4.69) is 10.3 Å². The highest BCUT2D eigenvalue weighted by Gasteiger charge is 2.53. The van der Waals surface area contributed by atoms with Crippen LogP contribution in [0, 0.1) is 11.8 Å². The average molecular weight is 720 g/mol. The lowest BCUT2D eigenvalue weighted by Gasteiger charge is -2.44. The molecule has 0 spiro atoms. The van der Waals surface area contributed by atoms with Gasteiger partial charge in [0.2, 0.25) is 11.8 Å².